The molecule has 1 aliphatic heterocycles. The number of piperidine rings is 1. The Balaban J connectivity index is 1.24. The predicted molar refractivity (Wildman–Crippen MR) is 135 cm³/mol. The van der Waals surface area contributed by atoms with Crippen molar-refractivity contribution >= 4 is 34.8 Å². The Morgan fingerprint density at radius 2 is 1.91 bits per heavy atom. The summed E-state index contributed by atoms with van der Waals surface area (Å²) < 4.78 is 13.1. The number of nitrogens with two attached hydrogens (primary N) is 1. The van der Waals surface area contributed by atoms with Gasteiger partial charge in [0.2, 0.25) is 17.8 Å². The molecule has 0 saturated carbocycles. The van der Waals surface area contributed by atoms with E-state index < -0.39 is 12.6 Å². The van der Waals surface area contributed by atoms with Crippen LogP contribution in [0.5, 0.6) is 0 Å². The molecule has 3 N–H and O–H groups in total. The van der Waals surface area contributed by atoms with Crippen molar-refractivity contribution in [2.45, 2.75) is 25.4 Å². The van der Waals surface area contributed by atoms with E-state index in [4.69, 9.17) is 10.7 Å². The first-order valence-electron chi connectivity index (χ1n) is 11.3. The summed E-state index contributed by atoms with van der Waals surface area (Å²) in [7, 11) is 0. The number of nitrogens with zero attached hydrogens (tertiary/aromatic N) is 5. The van der Waals surface area contributed by atoms with Gasteiger partial charge in [0, 0.05) is 41.2 Å². The Kier molecular flexibility index (Phi) is 6.62. The number of aromatic nitrogens is 4. The van der Waals surface area contributed by atoms with Crippen LogP contribution in [0.15, 0.2) is 60.2 Å². The van der Waals surface area contributed by atoms with Gasteiger partial charge in [0.25, 0.3) is 0 Å². The highest BCUT2D eigenvalue weighted by Crippen LogP contribution is 2.33. The number of rotatable bonds is 7. The molecule has 35 heavy (non-hydrogen) atoms. The minimum absolute atomic E-state index is 0.131. The molecule has 4 aromatic rings. The van der Waals surface area contributed by atoms with Crippen molar-refractivity contribution in [3.05, 3.63) is 76.4 Å². The maximum Gasteiger partial charge on any atom is 0.249 e. The van der Waals surface area contributed by atoms with Gasteiger partial charge in [-0.2, -0.15) is 4.98 Å². The molecule has 10 heteroatoms. The molecule has 5 rings (SSSR count). The summed E-state index contributed by atoms with van der Waals surface area (Å²) >= 11 is 1.72. The molecule has 2 aromatic carbocycles. The van der Waals surface area contributed by atoms with E-state index >= 15 is 0 Å². The van der Waals surface area contributed by atoms with Crippen molar-refractivity contribution < 1.29 is 9.18 Å². The van der Waals surface area contributed by atoms with Gasteiger partial charge in [-0.15, -0.1) is 11.3 Å². The van der Waals surface area contributed by atoms with Gasteiger partial charge in [-0.05, 0) is 30.5 Å². The van der Waals surface area contributed by atoms with Crippen LogP contribution in [0, 0.1) is 0 Å². The minimum Gasteiger partial charge on any atom is -0.366 e. The highest BCUT2D eigenvalue weighted by Gasteiger charge is 2.25. The number of thiazole rings is 1. The summed E-state index contributed by atoms with van der Waals surface area (Å²) in [6, 6.07) is 14.9. The van der Waals surface area contributed by atoms with Crippen molar-refractivity contribution in [2.24, 2.45) is 5.73 Å². The van der Waals surface area contributed by atoms with E-state index in [-0.39, 0.29) is 11.1 Å². The Morgan fingerprint density at radius 1 is 1.11 bits per heavy atom. The highest BCUT2D eigenvalue weighted by atomic mass is 32.1. The summed E-state index contributed by atoms with van der Waals surface area (Å²) in [6.07, 6.45) is 3.38. The molecular formula is C25H24FN7OS. The summed E-state index contributed by atoms with van der Waals surface area (Å²) in [5.41, 5.74) is 8.47. The number of carbonyl (C=O) groups is 1. The normalized spacial score (nSPS) is 14.1. The first-order chi connectivity index (χ1) is 17.1. The van der Waals surface area contributed by atoms with Gasteiger partial charge in [-0.25, -0.2) is 19.3 Å². The summed E-state index contributed by atoms with van der Waals surface area (Å²) in [5.74, 6) is 0.652. The lowest BCUT2D eigenvalue weighted by Gasteiger charge is -2.31. The van der Waals surface area contributed by atoms with Gasteiger partial charge < -0.3 is 16.0 Å². The van der Waals surface area contributed by atoms with E-state index in [9.17, 15) is 9.18 Å². The van der Waals surface area contributed by atoms with Crippen LogP contribution in [0.3, 0.4) is 0 Å². The average molecular weight is 490 g/mol. The lowest BCUT2D eigenvalue weighted by Crippen LogP contribution is -2.34. The van der Waals surface area contributed by atoms with Crippen LogP contribution in [-0.2, 0) is 6.67 Å². The van der Waals surface area contributed by atoms with Crippen molar-refractivity contribution in [3.8, 4) is 11.3 Å². The molecule has 1 saturated heterocycles. The van der Waals surface area contributed by atoms with E-state index in [1.807, 2.05) is 18.2 Å². The maximum atomic E-state index is 13.1. The molecule has 1 fully saturated rings. The molecule has 0 radical (unpaired) electrons. The molecule has 0 bridgehead atoms. The standard InChI is InChI=1S/C25H24FN7OS/c26-13-18-6-7-19(12-20(18)22(27)34)30-24-28-15-29-25(32-24)33-10-8-17(9-11-33)23-31-21(14-35-23)16-4-2-1-3-5-16/h1-7,12,14-15,17H,8-11,13H2,(H2,27,34)(H,28,29,30,32). The molecule has 178 valence electrons. The molecule has 2 aromatic heterocycles. The van der Waals surface area contributed by atoms with E-state index in [0.717, 1.165) is 37.2 Å². The Bertz CT molecular complexity index is 1320. The second-order valence-electron chi connectivity index (χ2n) is 8.30. The molecule has 8 nitrogen and oxygen atoms in total. The van der Waals surface area contributed by atoms with Gasteiger partial charge in [0.1, 0.15) is 13.0 Å². The number of hydrogen-bond acceptors (Lipinski definition) is 8. The maximum absolute atomic E-state index is 13.1. The number of primary amides is 1. The first kappa shape index (κ1) is 22.9. The number of anilines is 3. The number of alkyl halides is 1. The quantitative estimate of drug-likeness (QED) is 0.387. The third-order valence-corrected chi connectivity index (χ3v) is 7.06. The van der Waals surface area contributed by atoms with Crippen molar-refractivity contribution in [1.82, 2.24) is 19.9 Å². The van der Waals surface area contributed by atoms with Crippen molar-refractivity contribution in [3.63, 3.8) is 0 Å². The second-order valence-corrected chi connectivity index (χ2v) is 9.19. The number of benzene rings is 2. The lowest BCUT2D eigenvalue weighted by molar-refractivity contribution is 0.0998. The topological polar surface area (TPSA) is 110 Å². The van der Waals surface area contributed by atoms with Crippen LogP contribution in [0.1, 0.15) is 39.7 Å². The largest absolute Gasteiger partial charge is 0.366 e. The molecule has 0 aliphatic carbocycles. The third-order valence-electron chi connectivity index (χ3n) is 6.05. The number of hydrogen-bond donors (Lipinski definition) is 2. The van der Waals surface area contributed by atoms with Crippen LogP contribution in [0.2, 0.25) is 0 Å². The summed E-state index contributed by atoms with van der Waals surface area (Å²) in [4.78, 5) is 31.7. The molecule has 0 spiro atoms. The van der Waals surface area contributed by atoms with Crippen molar-refractivity contribution in [2.75, 3.05) is 23.3 Å². The van der Waals surface area contributed by atoms with Crippen LogP contribution < -0.4 is 16.0 Å². The van der Waals surface area contributed by atoms with Gasteiger partial charge in [-0.1, -0.05) is 36.4 Å². The van der Waals surface area contributed by atoms with Gasteiger partial charge >= 0.3 is 0 Å². The van der Waals surface area contributed by atoms with Crippen LogP contribution in [0.25, 0.3) is 11.3 Å². The molecule has 0 unspecified atom stereocenters. The fourth-order valence-corrected chi connectivity index (χ4v) is 5.17. The SMILES string of the molecule is NC(=O)c1cc(Nc2ncnc(N3CCC(c4nc(-c5ccccc5)cs4)CC3)n2)ccc1CF. The lowest BCUT2D eigenvalue weighted by atomic mass is 9.98. The minimum atomic E-state index is -0.765. The number of amides is 1. The number of halogens is 1. The molecular weight excluding hydrogens is 465 g/mol. The fraction of sp³-hybridized carbons (Fsp3) is 0.240. The molecule has 1 aliphatic rings. The Morgan fingerprint density at radius 3 is 2.66 bits per heavy atom. The zero-order valence-corrected chi connectivity index (χ0v) is 19.7. The van der Waals surface area contributed by atoms with Crippen LogP contribution in [-0.4, -0.2) is 38.9 Å². The second kappa shape index (κ2) is 10.1. The number of nitrogens with one attached hydrogen (secondary N) is 1. The Hall–Kier alpha value is -3.92. The molecule has 1 amide bonds. The first-order valence-corrected chi connectivity index (χ1v) is 12.2. The van der Waals surface area contributed by atoms with E-state index in [1.165, 1.54) is 23.5 Å². The van der Waals surface area contributed by atoms with Crippen molar-refractivity contribution in [1.29, 1.82) is 0 Å². The fourth-order valence-electron chi connectivity index (χ4n) is 4.17. The summed E-state index contributed by atoms with van der Waals surface area (Å²) in [5, 5.41) is 6.36. The summed E-state index contributed by atoms with van der Waals surface area (Å²) in [6.45, 7) is 0.857. The van der Waals surface area contributed by atoms with Gasteiger partial charge in [0.05, 0.1) is 10.7 Å². The van der Waals surface area contributed by atoms with Gasteiger partial charge in [0.15, 0.2) is 0 Å². The van der Waals surface area contributed by atoms with E-state index in [2.05, 4.69) is 42.7 Å². The smallest absolute Gasteiger partial charge is 0.249 e. The van der Waals surface area contributed by atoms with Crippen LogP contribution >= 0.6 is 11.3 Å². The average Bonchev–Trinajstić information content (AvgIpc) is 3.40. The predicted octanol–water partition coefficient (Wildman–Crippen LogP) is 4.69. The number of carbonyl (C=O) groups excluding carboxylic acids is 1. The highest BCUT2D eigenvalue weighted by molar-refractivity contribution is 7.10. The third kappa shape index (κ3) is 5.12. The molecule has 0 atom stereocenters. The zero-order valence-electron chi connectivity index (χ0n) is 18.9. The van der Waals surface area contributed by atoms with Crippen LogP contribution in [0.4, 0.5) is 22.0 Å². The van der Waals surface area contributed by atoms with E-state index in [0.29, 0.717) is 23.5 Å². The van der Waals surface area contributed by atoms with Gasteiger partial charge in [-0.3, -0.25) is 4.79 Å². The Labute approximate surface area is 206 Å². The zero-order chi connectivity index (χ0) is 24.2. The van der Waals surface area contributed by atoms with E-state index in [1.54, 1.807) is 17.4 Å². The monoisotopic (exact) mass is 489 g/mol. The molecule has 3 heterocycles.